The monoisotopic (exact) mass is 522 g/mol. The van der Waals surface area contributed by atoms with Crippen molar-refractivity contribution >= 4 is 23.7 Å². The third kappa shape index (κ3) is 14.5. The molecule has 2 atom stereocenters. The van der Waals surface area contributed by atoms with E-state index in [1.807, 2.05) is 0 Å². The largest absolute Gasteiger partial charge is 0.434 e. The van der Waals surface area contributed by atoms with Crippen molar-refractivity contribution in [2.75, 3.05) is 25.6 Å². The van der Waals surface area contributed by atoms with Crippen LogP contribution in [0.5, 0.6) is 0 Å². The van der Waals surface area contributed by atoms with Crippen molar-refractivity contribution in [2.45, 2.75) is 123 Å². The van der Waals surface area contributed by atoms with E-state index in [1.54, 1.807) is 0 Å². The van der Waals surface area contributed by atoms with E-state index in [4.69, 9.17) is 14.5 Å². The lowest BCUT2D eigenvalue weighted by Gasteiger charge is -2.30. The Balaban J connectivity index is 2.28. The average Bonchev–Trinajstić information content (AvgIpc) is 2.86. The highest BCUT2D eigenvalue weighted by Crippen LogP contribution is 2.62. The summed E-state index contributed by atoms with van der Waals surface area (Å²) in [6.07, 6.45) is 20.2. The third-order valence-electron chi connectivity index (χ3n) is 6.84. The number of carbonyl (C=O) groups is 1. The summed E-state index contributed by atoms with van der Waals surface area (Å²) in [5.41, 5.74) is -1.16. The summed E-state index contributed by atoms with van der Waals surface area (Å²) in [5.74, 6) is 1.64. The lowest BCUT2D eigenvalue weighted by atomic mass is 9.79. The lowest BCUT2D eigenvalue weighted by Crippen LogP contribution is -2.20. The Kier molecular flexibility index (Phi) is 19.8. The van der Waals surface area contributed by atoms with Gasteiger partial charge in [0.1, 0.15) is 0 Å². The molecule has 0 aromatic rings. The van der Waals surface area contributed by atoms with Crippen LogP contribution >= 0.6 is 18.0 Å². The molecule has 0 heterocycles. The third-order valence-corrected chi connectivity index (χ3v) is 11.0. The standard InChI is InChI=1S/C26H51O6PS/c1-3-5-7-8-9-10-11-15-20-30-21-16-22-31-33(29,26(27)32-28)34-23-25(17-6-4-2)24-18-13-12-14-19-24/h24-25,28H,3-23H2,1-2H3. The Morgan fingerprint density at radius 1 is 0.882 bits per heavy atom. The van der Waals surface area contributed by atoms with Crippen LogP contribution in [-0.4, -0.2) is 36.5 Å². The fourth-order valence-electron chi connectivity index (χ4n) is 4.70. The summed E-state index contributed by atoms with van der Waals surface area (Å²) >= 11 is 1.05. The molecule has 0 aromatic heterocycles. The number of rotatable bonds is 22. The van der Waals surface area contributed by atoms with E-state index in [9.17, 15) is 9.36 Å². The number of hydrogen-bond donors (Lipinski definition) is 1. The molecule has 1 saturated carbocycles. The summed E-state index contributed by atoms with van der Waals surface area (Å²) in [4.78, 5) is 15.9. The zero-order valence-corrected chi connectivity index (χ0v) is 23.6. The van der Waals surface area contributed by atoms with E-state index in [2.05, 4.69) is 18.7 Å². The van der Waals surface area contributed by atoms with Gasteiger partial charge in [0, 0.05) is 19.0 Å². The molecule has 0 amide bonds. The Morgan fingerprint density at radius 3 is 2.15 bits per heavy atom. The van der Waals surface area contributed by atoms with Crippen LogP contribution in [0.4, 0.5) is 4.79 Å². The van der Waals surface area contributed by atoms with Crippen molar-refractivity contribution in [3.63, 3.8) is 0 Å². The molecular formula is C26H51O6PS. The fourth-order valence-corrected chi connectivity index (χ4v) is 8.31. The molecule has 0 radical (unpaired) electrons. The fraction of sp³-hybridized carbons (Fsp3) is 0.962. The van der Waals surface area contributed by atoms with Crippen molar-refractivity contribution in [1.29, 1.82) is 0 Å². The van der Waals surface area contributed by atoms with Crippen molar-refractivity contribution in [3.05, 3.63) is 0 Å². The topological polar surface area (TPSA) is 82.1 Å². The Morgan fingerprint density at radius 2 is 1.50 bits per heavy atom. The summed E-state index contributed by atoms with van der Waals surface area (Å²) < 4.78 is 24.4. The van der Waals surface area contributed by atoms with Gasteiger partial charge in [0.05, 0.1) is 6.61 Å². The molecule has 0 bridgehead atoms. The second-order valence-corrected chi connectivity index (χ2v) is 14.2. The van der Waals surface area contributed by atoms with Gasteiger partial charge in [-0.3, -0.25) is 9.45 Å². The van der Waals surface area contributed by atoms with Crippen molar-refractivity contribution < 1.29 is 28.8 Å². The quantitative estimate of drug-likeness (QED) is 0.0656. The van der Waals surface area contributed by atoms with Crippen LogP contribution in [0.15, 0.2) is 0 Å². The SMILES string of the molecule is CCCCCCCCCCOCCCOP(=O)(SCC(CCCC)C1CCCCC1)C(=O)OO. The molecule has 202 valence electrons. The highest BCUT2D eigenvalue weighted by atomic mass is 32.7. The smallest absolute Gasteiger partial charge is 0.381 e. The lowest BCUT2D eigenvalue weighted by molar-refractivity contribution is -0.168. The van der Waals surface area contributed by atoms with E-state index in [0.29, 0.717) is 30.6 Å². The Bertz CT molecular complexity index is 541. The molecule has 2 unspecified atom stereocenters. The zero-order chi connectivity index (χ0) is 24.9. The van der Waals surface area contributed by atoms with Crippen LogP contribution in [0, 0.1) is 11.8 Å². The Hall–Kier alpha value is -0.0700. The molecule has 1 aliphatic rings. The van der Waals surface area contributed by atoms with Crippen molar-refractivity contribution in [1.82, 2.24) is 0 Å². The number of carbonyl (C=O) groups excluding carboxylic acids is 1. The van der Waals surface area contributed by atoms with Crippen LogP contribution in [0.25, 0.3) is 0 Å². The Labute approximate surface area is 212 Å². The van der Waals surface area contributed by atoms with E-state index < -0.39 is 12.3 Å². The van der Waals surface area contributed by atoms with Gasteiger partial charge in [-0.05, 0) is 31.1 Å². The molecule has 0 aromatic carbocycles. The maximum absolute atomic E-state index is 13.2. The van der Waals surface area contributed by atoms with Gasteiger partial charge in [0.2, 0.25) is 0 Å². The zero-order valence-electron chi connectivity index (χ0n) is 21.8. The van der Waals surface area contributed by atoms with Gasteiger partial charge in [0.25, 0.3) is 0 Å². The first kappa shape index (κ1) is 32.0. The molecule has 1 aliphatic carbocycles. The first-order valence-electron chi connectivity index (χ1n) is 13.9. The maximum atomic E-state index is 13.2. The highest BCUT2D eigenvalue weighted by molar-refractivity contribution is 8.61. The number of unbranched alkanes of at least 4 members (excludes halogenated alkanes) is 8. The summed E-state index contributed by atoms with van der Waals surface area (Å²) in [6.45, 7) is 2.02. The summed E-state index contributed by atoms with van der Waals surface area (Å²) in [7, 11) is 0. The van der Waals surface area contributed by atoms with Crippen LogP contribution in [0.3, 0.4) is 0 Å². The van der Waals surface area contributed by atoms with Gasteiger partial charge in [-0.1, -0.05) is 115 Å². The van der Waals surface area contributed by atoms with E-state index in [1.165, 1.54) is 77.0 Å². The van der Waals surface area contributed by atoms with Crippen LogP contribution in [0.1, 0.15) is 123 Å². The van der Waals surface area contributed by atoms with Crippen LogP contribution in [0.2, 0.25) is 0 Å². The molecule has 34 heavy (non-hydrogen) atoms. The van der Waals surface area contributed by atoms with Crippen molar-refractivity contribution in [2.24, 2.45) is 11.8 Å². The van der Waals surface area contributed by atoms with Crippen LogP contribution < -0.4 is 0 Å². The minimum absolute atomic E-state index is 0.153. The minimum atomic E-state index is -3.78. The molecular weight excluding hydrogens is 471 g/mol. The van der Waals surface area contributed by atoms with Crippen molar-refractivity contribution in [3.8, 4) is 0 Å². The molecule has 8 heteroatoms. The molecule has 0 spiro atoms. The van der Waals surface area contributed by atoms with E-state index in [0.717, 1.165) is 43.7 Å². The first-order valence-corrected chi connectivity index (χ1v) is 17.1. The van der Waals surface area contributed by atoms with E-state index in [-0.39, 0.29) is 6.61 Å². The predicted molar refractivity (Wildman–Crippen MR) is 143 cm³/mol. The normalized spacial score (nSPS) is 17.4. The van der Waals surface area contributed by atoms with Gasteiger partial charge >= 0.3 is 12.3 Å². The predicted octanol–water partition coefficient (Wildman–Crippen LogP) is 9.47. The minimum Gasteiger partial charge on any atom is -0.381 e. The molecule has 0 aliphatic heterocycles. The van der Waals surface area contributed by atoms with Gasteiger partial charge in [-0.15, -0.1) is 0 Å². The van der Waals surface area contributed by atoms with Gasteiger partial charge < -0.3 is 9.26 Å². The second-order valence-electron chi connectivity index (χ2n) is 9.72. The molecule has 0 saturated heterocycles. The first-order chi connectivity index (χ1) is 16.6. The maximum Gasteiger partial charge on any atom is 0.434 e. The van der Waals surface area contributed by atoms with E-state index >= 15 is 0 Å². The summed E-state index contributed by atoms with van der Waals surface area (Å²) in [5, 5.41) is 8.89. The highest BCUT2D eigenvalue weighted by Gasteiger charge is 2.38. The van der Waals surface area contributed by atoms with Gasteiger partial charge in [-0.25, -0.2) is 4.79 Å². The molecule has 1 fully saturated rings. The summed E-state index contributed by atoms with van der Waals surface area (Å²) in [6, 6.07) is 0. The number of hydrogen-bond acceptors (Lipinski definition) is 7. The second kappa shape index (κ2) is 21.1. The molecule has 6 nitrogen and oxygen atoms in total. The molecule has 1 rings (SSSR count). The van der Waals surface area contributed by atoms with Gasteiger partial charge in [0.15, 0.2) is 0 Å². The van der Waals surface area contributed by atoms with Gasteiger partial charge in [-0.2, -0.15) is 5.26 Å². The van der Waals surface area contributed by atoms with Crippen LogP contribution in [-0.2, 0) is 18.7 Å². The average molecular weight is 523 g/mol. The molecule has 1 N–H and O–H groups in total. The number of ether oxygens (including phenoxy) is 1.